The van der Waals surface area contributed by atoms with Gasteiger partial charge in [0.15, 0.2) is 28.5 Å². The number of fused-ring (bicyclic) bond motifs is 3. The van der Waals surface area contributed by atoms with E-state index in [4.69, 9.17) is 18.6 Å². The van der Waals surface area contributed by atoms with Crippen LogP contribution in [0.3, 0.4) is 0 Å². The Morgan fingerprint density at radius 2 is 1.90 bits per heavy atom. The van der Waals surface area contributed by atoms with Gasteiger partial charge >= 0.3 is 0 Å². The minimum Gasteiger partial charge on any atom is -0.448 e. The lowest BCUT2D eigenvalue weighted by Gasteiger charge is -2.47. The molecule has 220 valence electrons. The highest BCUT2D eigenvalue weighted by Crippen LogP contribution is 2.52. The van der Waals surface area contributed by atoms with Gasteiger partial charge in [-0.15, -0.1) is 11.8 Å². The fourth-order valence-corrected chi connectivity index (χ4v) is 7.28. The number of aromatic amines is 1. The Kier molecular flexibility index (Phi) is 7.32. The maximum Gasteiger partial charge on any atom is 0.255 e. The van der Waals surface area contributed by atoms with Crippen LogP contribution in [0.5, 0.6) is 11.5 Å². The van der Waals surface area contributed by atoms with E-state index in [2.05, 4.69) is 20.2 Å². The molecule has 4 heterocycles. The van der Waals surface area contributed by atoms with Gasteiger partial charge in [0, 0.05) is 74.3 Å². The van der Waals surface area contributed by atoms with Crippen LogP contribution in [0.2, 0.25) is 0 Å². The summed E-state index contributed by atoms with van der Waals surface area (Å²) < 4.78 is 24.6. The van der Waals surface area contributed by atoms with Crippen LogP contribution in [-0.4, -0.2) is 65.2 Å². The quantitative estimate of drug-likeness (QED) is 0.389. The molecule has 1 atom stereocenters. The Morgan fingerprint density at radius 3 is 2.59 bits per heavy atom. The van der Waals surface area contributed by atoms with Crippen molar-refractivity contribution in [2.45, 2.75) is 82.8 Å². The van der Waals surface area contributed by atoms with Crippen LogP contribution in [0.15, 0.2) is 20.2 Å². The molecular formula is C30H38N4O6S. The van der Waals surface area contributed by atoms with Crippen molar-refractivity contribution in [1.29, 1.82) is 0 Å². The number of nitrogens with zero attached hydrogens (tertiary/aromatic N) is 2. The third-order valence-electron chi connectivity index (χ3n) is 8.97. The molecule has 1 aliphatic carbocycles. The van der Waals surface area contributed by atoms with E-state index in [1.54, 1.807) is 14.0 Å². The number of methoxy groups -OCH3 is 1. The fraction of sp³-hybridized carbons (Fsp3) is 0.567. The third kappa shape index (κ3) is 4.91. The summed E-state index contributed by atoms with van der Waals surface area (Å²) in [7, 11) is 1.78. The van der Waals surface area contributed by atoms with E-state index >= 15 is 0 Å². The summed E-state index contributed by atoms with van der Waals surface area (Å²) in [6.07, 6.45) is 6.41. The van der Waals surface area contributed by atoms with Crippen molar-refractivity contribution < 1.29 is 23.4 Å². The lowest BCUT2D eigenvalue weighted by molar-refractivity contribution is -0.130. The van der Waals surface area contributed by atoms with Crippen LogP contribution < -0.4 is 20.3 Å². The SMILES string of the molecule is COC1CN(C2CCC([C@@]3(C)Oc4c(C)c(C(=O)NCc5c(SC)cc(C)[nH]c5=O)c5oc(C)nc5c4O3)CC2)C1. The number of H-pyrrole nitrogens is 1. The van der Waals surface area contributed by atoms with Crippen molar-refractivity contribution >= 4 is 28.8 Å². The second kappa shape index (κ2) is 10.7. The number of hydrogen-bond acceptors (Lipinski definition) is 9. The second-order valence-electron chi connectivity index (χ2n) is 11.6. The molecule has 0 unspecified atom stereocenters. The van der Waals surface area contributed by atoms with Gasteiger partial charge < -0.3 is 28.9 Å². The van der Waals surface area contributed by atoms with Gasteiger partial charge in [-0.1, -0.05) is 0 Å². The molecule has 6 rings (SSSR count). The standard InChI is InChI=1S/C30H38N4O6S/c1-15-11-22(41-6)21(28(35)32-15)12-31-29(36)23-16(2)25-27(24-26(23)38-17(3)33-24)40-30(4,39-25)18-7-9-19(10-8-18)34-13-20(14-34)37-5/h11,18-20H,7-10,12-14H2,1-6H3,(H,31,36)(H,32,35)/t18?,19?,30-/m0/s1. The Bertz CT molecular complexity index is 1550. The Labute approximate surface area is 243 Å². The van der Waals surface area contributed by atoms with Gasteiger partial charge in [0.1, 0.15) is 0 Å². The monoisotopic (exact) mass is 582 g/mol. The minimum absolute atomic E-state index is 0.0796. The summed E-state index contributed by atoms with van der Waals surface area (Å²) >= 11 is 1.47. The largest absolute Gasteiger partial charge is 0.448 e. The number of carbonyl (C=O) groups is 1. The number of likely N-dealkylation sites (tertiary alicyclic amines) is 1. The molecule has 1 amide bonds. The predicted molar refractivity (Wildman–Crippen MR) is 156 cm³/mol. The maximum absolute atomic E-state index is 13.7. The van der Waals surface area contributed by atoms with E-state index in [1.807, 2.05) is 33.1 Å². The molecular weight excluding hydrogens is 544 g/mol. The van der Waals surface area contributed by atoms with Crippen molar-refractivity contribution in [3.63, 3.8) is 0 Å². The summed E-state index contributed by atoms with van der Waals surface area (Å²) in [4.78, 5) is 37.0. The highest BCUT2D eigenvalue weighted by molar-refractivity contribution is 7.98. The number of oxazole rings is 1. The molecule has 2 N–H and O–H groups in total. The van der Waals surface area contributed by atoms with Gasteiger partial charge in [0.05, 0.1) is 11.7 Å². The van der Waals surface area contributed by atoms with Gasteiger partial charge in [-0.25, -0.2) is 4.98 Å². The van der Waals surface area contributed by atoms with E-state index in [1.165, 1.54) is 11.8 Å². The molecule has 0 spiro atoms. The van der Waals surface area contributed by atoms with E-state index in [0.717, 1.165) is 49.4 Å². The molecule has 2 aliphatic heterocycles. The zero-order valence-electron chi connectivity index (χ0n) is 24.5. The number of benzene rings is 1. The highest BCUT2D eigenvalue weighted by atomic mass is 32.2. The summed E-state index contributed by atoms with van der Waals surface area (Å²) in [5.74, 6) is 0.469. The number of hydrogen-bond donors (Lipinski definition) is 2. The van der Waals surface area contributed by atoms with Crippen molar-refractivity contribution in [3.05, 3.63) is 44.7 Å². The van der Waals surface area contributed by atoms with Gasteiger partial charge in [0.2, 0.25) is 0 Å². The van der Waals surface area contributed by atoms with Gasteiger partial charge in [-0.2, -0.15) is 0 Å². The van der Waals surface area contributed by atoms with Crippen molar-refractivity contribution in [2.75, 3.05) is 26.5 Å². The number of thioether (sulfide) groups is 1. The first-order chi connectivity index (χ1) is 19.6. The molecule has 1 aromatic carbocycles. The normalized spacial score (nSPS) is 24.5. The summed E-state index contributed by atoms with van der Waals surface area (Å²) in [6.45, 7) is 9.52. The zero-order valence-corrected chi connectivity index (χ0v) is 25.3. The molecule has 1 saturated carbocycles. The van der Waals surface area contributed by atoms with Crippen molar-refractivity contribution in [3.8, 4) is 11.5 Å². The smallest absolute Gasteiger partial charge is 0.255 e. The zero-order chi connectivity index (χ0) is 29.1. The molecule has 3 aliphatic rings. The number of ether oxygens (including phenoxy) is 3. The topological polar surface area (TPSA) is 119 Å². The second-order valence-corrected chi connectivity index (χ2v) is 12.5. The maximum atomic E-state index is 13.7. The van der Waals surface area contributed by atoms with E-state index < -0.39 is 5.79 Å². The molecule has 41 heavy (non-hydrogen) atoms. The summed E-state index contributed by atoms with van der Waals surface area (Å²) in [5.41, 5.74) is 2.89. The number of aryl methyl sites for hydroxylation is 2. The number of nitrogens with one attached hydrogen (secondary N) is 2. The molecule has 3 aromatic rings. The molecule has 2 fully saturated rings. The number of amides is 1. The first kappa shape index (κ1) is 28.1. The Balaban J connectivity index is 1.24. The first-order valence-electron chi connectivity index (χ1n) is 14.2. The Hall–Kier alpha value is -3.02. The molecule has 0 bridgehead atoms. The van der Waals surface area contributed by atoms with E-state index in [-0.39, 0.29) is 23.9 Å². The Morgan fingerprint density at radius 1 is 1.20 bits per heavy atom. The van der Waals surface area contributed by atoms with Crippen LogP contribution in [0.4, 0.5) is 0 Å². The summed E-state index contributed by atoms with van der Waals surface area (Å²) in [6, 6.07) is 2.48. The van der Waals surface area contributed by atoms with Gasteiger partial charge in [-0.3, -0.25) is 14.5 Å². The number of pyridine rings is 1. The number of rotatable bonds is 7. The third-order valence-corrected chi connectivity index (χ3v) is 9.78. The highest BCUT2D eigenvalue weighted by Gasteiger charge is 2.49. The van der Waals surface area contributed by atoms with Crippen LogP contribution in [-0.2, 0) is 11.3 Å². The molecule has 10 nitrogen and oxygen atoms in total. The number of aromatic nitrogens is 2. The molecule has 1 saturated heterocycles. The fourth-order valence-electron chi connectivity index (χ4n) is 6.57. The van der Waals surface area contributed by atoms with E-state index in [0.29, 0.717) is 57.3 Å². The minimum atomic E-state index is -0.862. The lowest BCUT2D eigenvalue weighted by Crippen LogP contribution is -2.57. The number of carbonyl (C=O) groups excluding carboxylic acids is 1. The summed E-state index contributed by atoms with van der Waals surface area (Å²) in [5, 5.41) is 2.93. The lowest BCUT2D eigenvalue weighted by atomic mass is 9.80. The first-order valence-corrected chi connectivity index (χ1v) is 15.5. The van der Waals surface area contributed by atoms with Gasteiger partial charge in [-0.05, 0) is 51.9 Å². The average Bonchev–Trinajstić information content (AvgIpc) is 3.48. The molecule has 2 aromatic heterocycles. The molecule has 0 radical (unpaired) electrons. The van der Waals surface area contributed by atoms with Crippen LogP contribution in [0.25, 0.3) is 11.1 Å². The van der Waals surface area contributed by atoms with Crippen LogP contribution >= 0.6 is 11.8 Å². The van der Waals surface area contributed by atoms with Crippen molar-refractivity contribution in [1.82, 2.24) is 20.2 Å². The molecule has 11 heteroatoms. The van der Waals surface area contributed by atoms with Crippen LogP contribution in [0, 0.1) is 26.7 Å². The van der Waals surface area contributed by atoms with E-state index in [9.17, 15) is 9.59 Å². The van der Waals surface area contributed by atoms with Gasteiger partial charge in [0.25, 0.3) is 17.3 Å². The van der Waals surface area contributed by atoms with Crippen LogP contribution in [0.1, 0.15) is 65.7 Å². The predicted octanol–water partition coefficient (Wildman–Crippen LogP) is 4.47. The van der Waals surface area contributed by atoms with Crippen molar-refractivity contribution in [2.24, 2.45) is 5.92 Å². The average molecular weight is 583 g/mol.